The van der Waals surface area contributed by atoms with Crippen LogP contribution in [0, 0.1) is 5.92 Å². The molecule has 0 bridgehead atoms. The van der Waals surface area contributed by atoms with E-state index in [1.165, 1.54) is 7.11 Å². The second-order valence-corrected chi connectivity index (χ2v) is 5.74. The lowest BCUT2D eigenvalue weighted by Gasteiger charge is -2.15. The van der Waals surface area contributed by atoms with Crippen LogP contribution in [0.3, 0.4) is 0 Å². The lowest BCUT2D eigenvalue weighted by atomic mass is 10.0. The number of hydrogen-bond donors (Lipinski definition) is 1. The smallest absolute Gasteiger partial charge is 0.337 e. The van der Waals surface area contributed by atoms with Crippen molar-refractivity contribution in [1.29, 1.82) is 0 Å². The van der Waals surface area contributed by atoms with E-state index >= 15 is 0 Å². The summed E-state index contributed by atoms with van der Waals surface area (Å²) in [5, 5.41) is 2.91. The van der Waals surface area contributed by atoms with Crippen molar-refractivity contribution in [2.75, 3.05) is 13.7 Å². The molecule has 122 valence electrons. The molecule has 0 radical (unpaired) electrons. The summed E-state index contributed by atoms with van der Waals surface area (Å²) in [6, 6.07) is 6.62. The average Bonchev–Trinajstić information content (AvgIpc) is 2.50. The molecular formula is C17H25NO4. The Morgan fingerprint density at radius 2 is 1.73 bits per heavy atom. The molecule has 0 unspecified atom stereocenters. The first-order valence-electron chi connectivity index (χ1n) is 7.53. The summed E-state index contributed by atoms with van der Waals surface area (Å²) in [6.45, 7) is 6.28. The van der Waals surface area contributed by atoms with Gasteiger partial charge in [0.1, 0.15) is 5.75 Å². The first-order chi connectivity index (χ1) is 10.4. The Morgan fingerprint density at radius 3 is 2.27 bits per heavy atom. The molecule has 1 aromatic rings. The highest BCUT2D eigenvalue weighted by molar-refractivity contribution is 5.89. The van der Waals surface area contributed by atoms with Crippen molar-refractivity contribution in [2.24, 2.45) is 5.92 Å². The third-order valence-corrected chi connectivity index (χ3v) is 3.23. The van der Waals surface area contributed by atoms with Gasteiger partial charge in [-0.3, -0.25) is 4.79 Å². The summed E-state index contributed by atoms with van der Waals surface area (Å²) in [6.07, 6.45) is 2.04. The standard InChI is InChI=1S/C17H25NO4/c1-12(2)5-6-13(3)18-16(19)11-22-15-9-7-14(8-10-15)17(20)21-4/h7-10,12-13H,5-6,11H2,1-4H3,(H,18,19)/t13-/m0/s1. The van der Waals surface area contributed by atoms with Crippen molar-refractivity contribution >= 4 is 11.9 Å². The second-order valence-electron chi connectivity index (χ2n) is 5.74. The zero-order chi connectivity index (χ0) is 16.5. The lowest BCUT2D eigenvalue weighted by molar-refractivity contribution is -0.123. The van der Waals surface area contributed by atoms with Gasteiger partial charge < -0.3 is 14.8 Å². The average molecular weight is 307 g/mol. The van der Waals surface area contributed by atoms with Crippen molar-refractivity contribution in [1.82, 2.24) is 5.32 Å². The predicted molar refractivity (Wildman–Crippen MR) is 85.0 cm³/mol. The third-order valence-electron chi connectivity index (χ3n) is 3.23. The number of esters is 1. The molecule has 1 rings (SSSR count). The number of carbonyl (C=O) groups is 2. The quantitative estimate of drug-likeness (QED) is 0.750. The van der Waals surface area contributed by atoms with Crippen molar-refractivity contribution in [3.8, 4) is 5.75 Å². The lowest BCUT2D eigenvalue weighted by Crippen LogP contribution is -2.36. The van der Waals surface area contributed by atoms with E-state index in [4.69, 9.17) is 4.74 Å². The van der Waals surface area contributed by atoms with Crippen molar-refractivity contribution in [2.45, 2.75) is 39.7 Å². The predicted octanol–water partition coefficient (Wildman–Crippen LogP) is 2.79. The Morgan fingerprint density at radius 1 is 1.09 bits per heavy atom. The summed E-state index contributed by atoms with van der Waals surface area (Å²) in [7, 11) is 1.33. The molecule has 1 amide bonds. The van der Waals surface area contributed by atoms with Crippen molar-refractivity contribution < 1.29 is 19.1 Å². The van der Waals surface area contributed by atoms with Crippen LogP contribution in [-0.2, 0) is 9.53 Å². The van der Waals surface area contributed by atoms with E-state index < -0.39 is 5.97 Å². The molecular weight excluding hydrogens is 282 g/mol. The van der Waals surface area contributed by atoms with E-state index in [1.807, 2.05) is 6.92 Å². The number of amides is 1. The van der Waals surface area contributed by atoms with Crippen molar-refractivity contribution in [3.05, 3.63) is 29.8 Å². The maximum absolute atomic E-state index is 11.8. The van der Waals surface area contributed by atoms with E-state index in [-0.39, 0.29) is 18.6 Å². The van der Waals surface area contributed by atoms with Gasteiger partial charge in [0.25, 0.3) is 5.91 Å². The molecule has 0 aliphatic carbocycles. The summed E-state index contributed by atoms with van der Waals surface area (Å²) >= 11 is 0. The number of nitrogens with one attached hydrogen (secondary N) is 1. The van der Waals surface area contributed by atoms with Gasteiger partial charge in [0, 0.05) is 6.04 Å². The third kappa shape index (κ3) is 6.61. The minimum atomic E-state index is -0.400. The maximum atomic E-state index is 11.8. The Balaban J connectivity index is 2.36. The van der Waals surface area contributed by atoms with Gasteiger partial charge in [0.05, 0.1) is 12.7 Å². The zero-order valence-electron chi connectivity index (χ0n) is 13.7. The molecule has 5 nitrogen and oxygen atoms in total. The molecule has 22 heavy (non-hydrogen) atoms. The van der Waals surface area contributed by atoms with Crippen LogP contribution in [0.4, 0.5) is 0 Å². The molecule has 0 aliphatic heterocycles. The summed E-state index contributed by atoms with van der Waals surface area (Å²) in [5.74, 6) is 0.623. The van der Waals surface area contributed by atoms with E-state index in [0.29, 0.717) is 17.2 Å². The van der Waals surface area contributed by atoms with Crippen LogP contribution < -0.4 is 10.1 Å². The molecule has 0 spiro atoms. The van der Waals surface area contributed by atoms with Crippen molar-refractivity contribution in [3.63, 3.8) is 0 Å². The Kier molecular flexibility index (Phi) is 7.43. The SMILES string of the molecule is COC(=O)c1ccc(OCC(=O)N[C@@H](C)CCC(C)C)cc1. The van der Waals surface area contributed by atoms with Crippen LogP contribution in [0.2, 0.25) is 0 Å². The monoisotopic (exact) mass is 307 g/mol. The summed E-state index contributed by atoms with van der Waals surface area (Å²) < 4.78 is 10.0. The number of rotatable bonds is 8. The Hall–Kier alpha value is -2.04. The van der Waals surface area contributed by atoms with Gasteiger partial charge in [-0.1, -0.05) is 13.8 Å². The van der Waals surface area contributed by atoms with Crippen LogP contribution in [-0.4, -0.2) is 31.6 Å². The van der Waals surface area contributed by atoms with Crippen LogP contribution in [0.5, 0.6) is 5.75 Å². The number of benzene rings is 1. The number of methoxy groups -OCH3 is 1. The van der Waals surface area contributed by atoms with E-state index in [9.17, 15) is 9.59 Å². The molecule has 0 heterocycles. The van der Waals surface area contributed by atoms with Crippen LogP contribution >= 0.6 is 0 Å². The fourth-order valence-electron chi connectivity index (χ4n) is 1.93. The summed E-state index contributed by atoms with van der Waals surface area (Å²) in [5.41, 5.74) is 0.446. The number of carbonyl (C=O) groups excluding carboxylic acids is 2. The minimum Gasteiger partial charge on any atom is -0.484 e. The number of ether oxygens (including phenoxy) is 2. The minimum absolute atomic E-state index is 0.0381. The van der Waals surface area contributed by atoms with Gasteiger partial charge in [-0.2, -0.15) is 0 Å². The van der Waals surface area contributed by atoms with E-state index in [1.54, 1.807) is 24.3 Å². The molecule has 5 heteroatoms. The molecule has 0 aromatic heterocycles. The molecule has 0 aliphatic rings. The normalized spacial score (nSPS) is 11.9. The van der Waals surface area contributed by atoms with Crippen LogP contribution in [0.25, 0.3) is 0 Å². The largest absolute Gasteiger partial charge is 0.484 e. The van der Waals surface area contributed by atoms with Gasteiger partial charge in [-0.25, -0.2) is 4.79 Å². The van der Waals surface area contributed by atoms with E-state index in [2.05, 4.69) is 23.9 Å². The first kappa shape index (κ1) is 18.0. The maximum Gasteiger partial charge on any atom is 0.337 e. The highest BCUT2D eigenvalue weighted by Gasteiger charge is 2.09. The molecule has 1 atom stereocenters. The molecule has 1 N–H and O–H groups in total. The molecule has 0 saturated heterocycles. The van der Waals surface area contributed by atoms with Crippen LogP contribution in [0.15, 0.2) is 24.3 Å². The van der Waals surface area contributed by atoms with Gasteiger partial charge in [0.15, 0.2) is 6.61 Å². The van der Waals surface area contributed by atoms with Gasteiger partial charge >= 0.3 is 5.97 Å². The topological polar surface area (TPSA) is 64.6 Å². The molecule has 0 fully saturated rings. The first-order valence-corrected chi connectivity index (χ1v) is 7.53. The highest BCUT2D eigenvalue weighted by atomic mass is 16.5. The fraction of sp³-hybridized carbons (Fsp3) is 0.529. The molecule has 0 saturated carbocycles. The van der Waals surface area contributed by atoms with Gasteiger partial charge in [-0.05, 0) is 49.9 Å². The molecule has 1 aromatic carbocycles. The van der Waals surface area contributed by atoms with Gasteiger partial charge in [0.2, 0.25) is 0 Å². The van der Waals surface area contributed by atoms with E-state index in [0.717, 1.165) is 12.8 Å². The Labute approximate surface area is 132 Å². The van der Waals surface area contributed by atoms with Crippen LogP contribution in [0.1, 0.15) is 44.0 Å². The zero-order valence-corrected chi connectivity index (χ0v) is 13.7. The van der Waals surface area contributed by atoms with Gasteiger partial charge in [-0.15, -0.1) is 0 Å². The fourth-order valence-corrected chi connectivity index (χ4v) is 1.93. The number of hydrogen-bond acceptors (Lipinski definition) is 4. The Bertz CT molecular complexity index is 482. The summed E-state index contributed by atoms with van der Waals surface area (Å²) in [4.78, 5) is 23.1. The highest BCUT2D eigenvalue weighted by Crippen LogP contribution is 2.13. The second kappa shape index (κ2) is 9.07.